The van der Waals surface area contributed by atoms with Crippen molar-refractivity contribution in [2.45, 2.75) is 18.8 Å². The number of amides is 1. The number of furan rings is 1. The third-order valence-corrected chi connectivity index (χ3v) is 5.05. The van der Waals surface area contributed by atoms with Gasteiger partial charge in [0.1, 0.15) is 6.26 Å². The average molecular weight is 392 g/mol. The van der Waals surface area contributed by atoms with Crippen molar-refractivity contribution < 1.29 is 13.6 Å². The molecule has 134 valence electrons. The van der Waals surface area contributed by atoms with Gasteiger partial charge in [-0.25, -0.2) is 0 Å². The van der Waals surface area contributed by atoms with E-state index in [1.807, 2.05) is 0 Å². The molecule has 1 aliphatic rings. The van der Waals surface area contributed by atoms with Crippen molar-refractivity contribution in [3.8, 4) is 11.5 Å². The molecule has 0 unspecified atom stereocenters. The van der Waals surface area contributed by atoms with Crippen molar-refractivity contribution in [2.24, 2.45) is 0 Å². The molecule has 0 atom stereocenters. The zero-order valence-electron chi connectivity index (χ0n) is 13.7. The summed E-state index contributed by atoms with van der Waals surface area (Å²) in [5.41, 5.74) is 1.23. The van der Waals surface area contributed by atoms with Crippen molar-refractivity contribution in [3.63, 3.8) is 0 Å². The number of aromatic nitrogens is 2. The summed E-state index contributed by atoms with van der Waals surface area (Å²) in [5, 5.41) is 9.09. The second-order valence-corrected chi connectivity index (χ2v) is 6.99. The Balaban J connectivity index is 1.42. The van der Waals surface area contributed by atoms with Crippen LogP contribution in [-0.4, -0.2) is 34.1 Å². The summed E-state index contributed by atoms with van der Waals surface area (Å²) in [4.78, 5) is 14.5. The number of carbonyl (C=O) groups is 1. The number of carbonyl (C=O) groups excluding carboxylic acids is 1. The van der Waals surface area contributed by atoms with Gasteiger partial charge in [0.15, 0.2) is 0 Å². The number of rotatable bonds is 3. The van der Waals surface area contributed by atoms with Gasteiger partial charge in [-0.15, -0.1) is 10.2 Å². The van der Waals surface area contributed by atoms with Crippen LogP contribution in [0.5, 0.6) is 0 Å². The molecule has 3 aromatic rings. The Morgan fingerprint density at radius 3 is 2.65 bits per heavy atom. The molecule has 1 saturated heterocycles. The van der Waals surface area contributed by atoms with Crippen molar-refractivity contribution in [1.29, 1.82) is 0 Å². The highest BCUT2D eigenvalue weighted by Crippen LogP contribution is 2.31. The van der Waals surface area contributed by atoms with Crippen LogP contribution in [-0.2, 0) is 0 Å². The molecule has 1 fully saturated rings. The first-order valence-electron chi connectivity index (χ1n) is 8.22. The summed E-state index contributed by atoms with van der Waals surface area (Å²) in [6.45, 7) is 1.21. The minimum atomic E-state index is -0.0882. The van der Waals surface area contributed by atoms with Gasteiger partial charge < -0.3 is 13.7 Å². The number of hydrogen-bond donors (Lipinski definition) is 0. The standard InChI is InChI=1S/C18H15Cl2N3O3/c19-13-1-2-14(15(20)9-13)18(24)23-6-3-11(4-7-23)16-21-22-17(26-16)12-5-8-25-10-12/h1-2,5,8-11H,3-4,6-7H2. The second-order valence-electron chi connectivity index (χ2n) is 6.15. The number of hydrogen-bond acceptors (Lipinski definition) is 5. The monoisotopic (exact) mass is 391 g/mol. The topological polar surface area (TPSA) is 72.4 Å². The van der Waals surface area contributed by atoms with Crippen molar-refractivity contribution >= 4 is 29.1 Å². The maximum Gasteiger partial charge on any atom is 0.255 e. The highest BCUT2D eigenvalue weighted by molar-refractivity contribution is 6.36. The smallest absolute Gasteiger partial charge is 0.255 e. The van der Waals surface area contributed by atoms with Crippen molar-refractivity contribution in [3.05, 3.63) is 58.3 Å². The van der Waals surface area contributed by atoms with Crippen molar-refractivity contribution in [1.82, 2.24) is 15.1 Å². The molecule has 8 heteroatoms. The predicted molar refractivity (Wildman–Crippen MR) is 96.3 cm³/mol. The highest BCUT2D eigenvalue weighted by atomic mass is 35.5. The van der Waals surface area contributed by atoms with E-state index >= 15 is 0 Å². The lowest BCUT2D eigenvalue weighted by Crippen LogP contribution is -2.38. The number of piperidine rings is 1. The molecule has 6 nitrogen and oxygen atoms in total. The van der Waals surface area contributed by atoms with Gasteiger partial charge in [0.25, 0.3) is 11.8 Å². The van der Waals surface area contributed by atoms with Gasteiger partial charge in [0.05, 0.1) is 22.4 Å². The summed E-state index contributed by atoms with van der Waals surface area (Å²) in [6.07, 6.45) is 4.63. The summed E-state index contributed by atoms with van der Waals surface area (Å²) < 4.78 is 10.8. The van der Waals surface area contributed by atoms with Gasteiger partial charge in [-0.1, -0.05) is 23.2 Å². The minimum absolute atomic E-state index is 0.0882. The first-order chi connectivity index (χ1) is 12.6. The number of halogens is 2. The Hall–Kier alpha value is -2.31. The van der Waals surface area contributed by atoms with Crippen LogP contribution in [0.1, 0.15) is 35.0 Å². The second kappa shape index (κ2) is 7.13. The Kier molecular flexibility index (Phi) is 4.70. The SMILES string of the molecule is O=C(c1ccc(Cl)cc1Cl)N1CCC(c2nnc(-c3ccoc3)o2)CC1. The van der Waals surface area contributed by atoms with Gasteiger partial charge in [0, 0.05) is 24.0 Å². The third kappa shape index (κ3) is 3.34. The average Bonchev–Trinajstić information content (AvgIpc) is 3.33. The van der Waals surface area contributed by atoms with E-state index in [2.05, 4.69) is 10.2 Å². The van der Waals surface area contributed by atoms with Gasteiger partial charge in [0.2, 0.25) is 5.89 Å². The molecule has 0 aliphatic carbocycles. The van der Waals surface area contributed by atoms with Crippen molar-refractivity contribution in [2.75, 3.05) is 13.1 Å². The van der Waals surface area contributed by atoms with E-state index in [0.29, 0.717) is 40.5 Å². The molecule has 0 spiro atoms. The van der Waals surface area contributed by atoms with E-state index in [9.17, 15) is 4.79 Å². The zero-order valence-corrected chi connectivity index (χ0v) is 15.2. The van der Waals surface area contributed by atoms with Gasteiger partial charge in [-0.2, -0.15) is 0 Å². The molecule has 0 saturated carbocycles. The van der Waals surface area contributed by atoms with Crippen LogP contribution >= 0.6 is 23.2 Å². The maximum absolute atomic E-state index is 12.7. The largest absolute Gasteiger partial charge is 0.472 e. The minimum Gasteiger partial charge on any atom is -0.472 e. The van der Waals surface area contributed by atoms with E-state index in [4.69, 9.17) is 32.0 Å². The van der Waals surface area contributed by atoms with Crippen LogP contribution in [0.25, 0.3) is 11.5 Å². The quantitative estimate of drug-likeness (QED) is 0.649. The molecular formula is C18H15Cl2N3O3. The molecule has 1 aliphatic heterocycles. The molecule has 4 rings (SSSR count). The van der Waals surface area contributed by atoms with E-state index in [1.165, 1.54) is 0 Å². The van der Waals surface area contributed by atoms with Gasteiger partial charge in [-0.3, -0.25) is 4.79 Å². The Morgan fingerprint density at radius 2 is 1.96 bits per heavy atom. The third-order valence-electron chi connectivity index (χ3n) is 4.50. The molecule has 2 aromatic heterocycles. The van der Waals surface area contributed by atoms with Crippen LogP contribution in [0, 0.1) is 0 Å². The first kappa shape index (κ1) is 17.1. The molecular weight excluding hydrogens is 377 g/mol. The lowest BCUT2D eigenvalue weighted by Gasteiger charge is -2.30. The molecule has 0 radical (unpaired) electrons. The molecule has 0 N–H and O–H groups in total. The van der Waals surface area contributed by atoms with Crippen LogP contribution < -0.4 is 0 Å². The number of likely N-dealkylation sites (tertiary alicyclic amines) is 1. The van der Waals surface area contributed by atoms with E-state index < -0.39 is 0 Å². The van der Waals surface area contributed by atoms with E-state index in [0.717, 1.165) is 18.4 Å². The lowest BCUT2D eigenvalue weighted by atomic mass is 9.96. The number of nitrogens with zero attached hydrogens (tertiary/aromatic N) is 3. The van der Waals surface area contributed by atoms with Crippen LogP contribution in [0.15, 0.2) is 45.6 Å². The van der Waals surface area contributed by atoms with Gasteiger partial charge >= 0.3 is 0 Å². The van der Waals surface area contributed by atoms with Crippen LogP contribution in [0.2, 0.25) is 10.0 Å². The predicted octanol–water partition coefficient (Wildman–Crippen LogP) is 4.66. The number of benzene rings is 1. The molecule has 1 aromatic carbocycles. The fraction of sp³-hybridized carbons (Fsp3) is 0.278. The summed E-state index contributed by atoms with van der Waals surface area (Å²) in [5.74, 6) is 1.08. The van der Waals surface area contributed by atoms with E-state index in [1.54, 1.807) is 41.7 Å². The van der Waals surface area contributed by atoms with Crippen LogP contribution in [0.4, 0.5) is 0 Å². The molecule has 3 heterocycles. The fourth-order valence-electron chi connectivity index (χ4n) is 3.07. The Labute approximate surface area is 159 Å². The summed E-state index contributed by atoms with van der Waals surface area (Å²) >= 11 is 12.0. The Bertz CT molecular complexity index is 916. The molecule has 1 amide bonds. The van der Waals surface area contributed by atoms with Gasteiger partial charge in [-0.05, 0) is 37.1 Å². The summed E-state index contributed by atoms with van der Waals surface area (Å²) in [6, 6.07) is 6.69. The van der Waals surface area contributed by atoms with Crippen LogP contribution in [0.3, 0.4) is 0 Å². The Morgan fingerprint density at radius 1 is 1.15 bits per heavy atom. The highest BCUT2D eigenvalue weighted by Gasteiger charge is 2.28. The fourth-order valence-corrected chi connectivity index (χ4v) is 3.55. The molecule has 26 heavy (non-hydrogen) atoms. The normalized spacial score (nSPS) is 15.4. The lowest BCUT2D eigenvalue weighted by molar-refractivity contribution is 0.0706. The maximum atomic E-state index is 12.7. The zero-order chi connectivity index (χ0) is 18.1. The van der Waals surface area contributed by atoms with E-state index in [-0.39, 0.29) is 11.8 Å². The molecule has 0 bridgehead atoms. The first-order valence-corrected chi connectivity index (χ1v) is 8.97. The summed E-state index contributed by atoms with van der Waals surface area (Å²) in [7, 11) is 0.